The maximum absolute atomic E-state index is 11.0. The highest BCUT2D eigenvalue weighted by atomic mass is 16.8. The van der Waals surface area contributed by atoms with Crippen LogP contribution in [0, 0.1) is 0 Å². The summed E-state index contributed by atoms with van der Waals surface area (Å²) in [6.45, 7) is 5.31. The zero-order chi connectivity index (χ0) is 31.7. The average Bonchev–Trinajstić information content (AvgIpc) is 3.55. The molecule has 3 aliphatic rings. The molecule has 0 radical (unpaired) electrons. The molecule has 3 fully saturated rings. The molecule has 10 atom stereocenters. The Morgan fingerprint density at radius 2 is 1.26 bits per heavy atom. The second-order valence-electron chi connectivity index (χ2n) is 11.6. The normalized spacial score (nSPS) is 32.3. The second kappa shape index (κ2) is 16.2. The zero-order valence-electron chi connectivity index (χ0n) is 25.6. The summed E-state index contributed by atoms with van der Waals surface area (Å²) in [7, 11) is 0. The van der Waals surface area contributed by atoms with E-state index >= 15 is 0 Å². The first-order valence-corrected chi connectivity index (χ1v) is 15.7. The molecule has 10 nitrogen and oxygen atoms in total. The fourth-order valence-electron chi connectivity index (χ4n) is 5.96. The lowest BCUT2D eigenvalue weighted by Gasteiger charge is -2.47. The minimum absolute atomic E-state index is 0.161. The van der Waals surface area contributed by atoms with Gasteiger partial charge in [-0.25, -0.2) is 0 Å². The molecule has 0 unspecified atom stereocenters. The SMILES string of the molecule is C=CCO[C@H]1[C@@H](OCc2ccccc2)[C@@H](COCc2ccccc2)O[C@@H](O[C@H]2[C@H](O)[C@H](O)[C@@H]3OC[C@H]2O3)[C@@H]1OCc1ccccc1. The molecule has 246 valence electrons. The highest BCUT2D eigenvalue weighted by Gasteiger charge is 2.55. The first-order valence-electron chi connectivity index (χ1n) is 15.7. The van der Waals surface area contributed by atoms with Crippen LogP contribution in [0.1, 0.15) is 16.7 Å². The van der Waals surface area contributed by atoms with Gasteiger partial charge in [0.15, 0.2) is 12.6 Å². The maximum atomic E-state index is 11.0. The molecule has 3 saturated heterocycles. The molecule has 0 spiro atoms. The van der Waals surface area contributed by atoms with Crippen LogP contribution in [0.25, 0.3) is 0 Å². The molecule has 3 aromatic rings. The predicted octanol–water partition coefficient (Wildman–Crippen LogP) is 3.53. The number of benzene rings is 3. The van der Waals surface area contributed by atoms with Crippen molar-refractivity contribution in [2.24, 2.45) is 0 Å². The quantitative estimate of drug-likeness (QED) is 0.241. The number of hydrogen-bond donors (Lipinski definition) is 2. The molecule has 6 rings (SSSR count). The first kappa shape index (κ1) is 32.9. The first-order chi connectivity index (χ1) is 22.6. The van der Waals surface area contributed by atoms with Crippen molar-refractivity contribution < 1.29 is 48.1 Å². The van der Waals surface area contributed by atoms with E-state index in [2.05, 4.69) is 6.58 Å². The van der Waals surface area contributed by atoms with E-state index in [1.165, 1.54) is 0 Å². The minimum Gasteiger partial charge on any atom is -0.387 e. The largest absolute Gasteiger partial charge is 0.387 e. The Labute approximate surface area is 269 Å². The van der Waals surface area contributed by atoms with Gasteiger partial charge in [0, 0.05) is 0 Å². The Bertz CT molecular complexity index is 1330. The van der Waals surface area contributed by atoms with Crippen molar-refractivity contribution in [1.82, 2.24) is 0 Å². The number of aliphatic hydroxyl groups excluding tert-OH is 2. The van der Waals surface area contributed by atoms with Crippen LogP contribution in [0.4, 0.5) is 0 Å². The summed E-state index contributed by atoms with van der Waals surface area (Å²) in [6.07, 6.45) is -7.17. The van der Waals surface area contributed by atoms with Gasteiger partial charge >= 0.3 is 0 Å². The van der Waals surface area contributed by atoms with Gasteiger partial charge in [-0.05, 0) is 16.7 Å². The van der Waals surface area contributed by atoms with Crippen molar-refractivity contribution >= 4 is 0 Å². The molecule has 3 aliphatic heterocycles. The van der Waals surface area contributed by atoms with E-state index in [0.717, 1.165) is 16.7 Å². The minimum atomic E-state index is -1.28. The summed E-state index contributed by atoms with van der Waals surface area (Å²) in [5.41, 5.74) is 2.95. The van der Waals surface area contributed by atoms with Crippen LogP contribution in [-0.2, 0) is 57.7 Å². The molecule has 3 aromatic carbocycles. The summed E-state index contributed by atoms with van der Waals surface area (Å²) in [5, 5.41) is 21.6. The van der Waals surface area contributed by atoms with Crippen molar-refractivity contribution in [3.63, 3.8) is 0 Å². The summed E-state index contributed by atoms with van der Waals surface area (Å²) < 4.78 is 50.1. The number of rotatable bonds is 15. The van der Waals surface area contributed by atoms with Gasteiger partial charge in [-0.1, -0.05) is 97.1 Å². The van der Waals surface area contributed by atoms with Crippen LogP contribution in [0.3, 0.4) is 0 Å². The number of aliphatic hydroxyl groups is 2. The second-order valence-corrected chi connectivity index (χ2v) is 11.6. The van der Waals surface area contributed by atoms with Gasteiger partial charge in [0.05, 0.1) is 39.6 Å². The van der Waals surface area contributed by atoms with Crippen molar-refractivity contribution in [2.45, 2.75) is 81.2 Å². The molecule has 0 aromatic heterocycles. The zero-order valence-corrected chi connectivity index (χ0v) is 25.6. The van der Waals surface area contributed by atoms with Crippen LogP contribution in [-0.4, -0.2) is 91.4 Å². The summed E-state index contributed by atoms with van der Waals surface area (Å²) in [6, 6.07) is 29.5. The smallest absolute Gasteiger partial charge is 0.187 e. The van der Waals surface area contributed by atoms with Gasteiger partial charge in [0.25, 0.3) is 0 Å². The highest BCUT2D eigenvalue weighted by Crippen LogP contribution is 2.36. The fraction of sp³-hybridized carbons (Fsp3) is 0.444. The van der Waals surface area contributed by atoms with Gasteiger partial charge in [-0.15, -0.1) is 6.58 Å². The molecule has 10 heteroatoms. The molecule has 3 heterocycles. The highest BCUT2D eigenvalue weighted by molar-refractivity contribution is 5.15. The predicted molar refractivity (Wildman–Crippen MR) is 166 cm³/mol. The standard InChI is InChI=1S/C36H42O10/c1-2-18-40-33-32(41-20-25-14-8-4-9-15-25)27(22-39-19-24-12-6-3-7-13-24)45-36(34(33)42-21-26-16-10-5-11-17-26)46-31-28-23-43-35(44-28)30(38)29(31)37/h2-17,27-38H,1,18-23H2/t27-,28-,29-,30+,31-,32+,33+,34-,35-,36+/m1/s1. The van der Waals surface area contributed by atoms with Gasteiger partial charge in [-0.3, -0.25) is 0 Å². The molecular weight excluding hydrogens is 592 g/mol. The molecular formula is C36H42O10. The molecule has 0 aliphatic carbocycles. The Balaban J connectivity index is 1.29. The Hall–Kier alpha value is -3.00. The van der Waals surface area contributed by atoms with Crippen LogP contribution < -0.4 is 0 Å². The Kier molecular flexibility index (Phi) is 11.6. The summed E-state index contributed by atoms with van der Waals surface area (Å²) >= 11 is 0. The fourth-order valence-corrected chi connectivity index (χ4v) is 5.96. The molecule has 0 amide bonds. The van der Waals surface area contributed by atoms with Crippen molar-refractivity contribution in [2.75, 3.05) is 19.8 Å². The lowest BCUT2D eigenvalue weighted by molar-refractivity contribution is -0.353. The van der Waals surface area contributed by atoms with Crippen LogP contribution in [0.15, 0.2) is 104 Å². The van der Waals surface area contributed by atoms with E-state index in [-0.39, 0.29) is 26.4 Å². The lowest BCUT2D eigenvalue weighted by Crippen LogP contribution is -2.64. The maximum Gasteiger partial charge on any atom is 0.187 e. The number of hydrogen-bond acceptors (Lipinski definition) is 10. The van der Waals surface area contributed by atoms with Crippen molar-refractivity contribution in [3.8, 4) is 0 Å². The number of ether oxygens (including phenoxy) is 8. The van der Waals surface area contributed by atoms with Gasteiger partial charge in [0.2, 0.25) is 0 Å². The van der Waals surface area contributed by atoms with Gasteiger partial charge in [0.1, 0.15) is 48.8 Å². The summed E-state index contributed by atoms with van der Waals surface area (Å²) in [5.74, 6) is 0. The van der Waals surface area contributed by atoms with E-state index < -0.39 is 61.4 Å². The molecule has 2 bridgehead atoms. The van der Waals surface area contributed by atoms with Crippen molar-refractivity contribution in [1.29, 1.82) is 0 Å². The monoisotopic (exact) mass is 634 g/mol. The van der Waals surface area contributed by atoms with Gasteiger partial charge in [-0.2, -0.15) is 0 Å². The molecule has 0 saturated carbocycles. The third kappa shape index (κ3) is 8.10. The van der Waals surface area contributed by atoms with E-state index in [1.54, 1.807) is 6.08 Å². The van der Waals surface area contributed by atoms with E-state index in [4.69, 9.17) is 37.9 Å². The van der Waals surface area contributed by atoms with Gasteiger partial charge < -0.3 is 48.1 Å². The van der Waals surface area contributed by atoms with Crippen LogP contribution in [0.2, 0.25) is 0 Å². The third-order valence-corrected chi connectivity index (χ3v) is 8.32. The Morgan fingerprint density at radius 3 is 1.87 bits per heavy atom. The van der Waals surface area contributed by atoms with E-state index in [0.29, 0.717) is 13.2 Å². The molecule has 46 heavy (non-hydrogen) atoms. The lowest BCUT2D eigenvalue weighted by atomic mass is 9.96. The average molecular weight is 635 g/mol. The van der Waals surface area contributed by atoms with Crippen LogP contribution in [0.5, 0.6) is 0 Å². The summed E-state index contributed by atoms with van der Waals surface area (Å²) in [4.78, 5) is 0. The van der Waals surface area contributed by atoms with Crippen molar-refractivity contribution in [3.05, 3.63) is 120 Å². The third-order valence-electron chi connectivity index (χ3n) is 8.32. The topological polar surface area (TPSA) is 114 Å². The van der Waals surface area contributed by atoms with E-state index in [9.17, 15) is 10.2 Å². The van der Waals surface area contributed by atoms with E-state index in [1.807, 2.05) is 91.0 Å². The Morgan fingerprint density at radius 1 is 0.674 bits per heavy atom. The molecule has 2 N–H and O–H groups in total. The van der Waals surface area contributed by atoms with Crippen LogP contribution >= 0.6 is 0 Å². The number of fused-ring (bicyclic) bond motifs is 2.